The molecule has 13 heavy (non-hydrogen) atoms. The molecule has 0 aliphatic heterocycles. The van der Waals surface area contributed by atoms with E-state index in [4.69, 9.17) is 0 Å². The highest BCUT2D eigenvalue weighted by atomic mass is 79.9. The van der Waals surface area contributed by atoms with E-state index in [1.807, 2.05) is 25.4 Å². The van der Waals surface area contributed by atoms with Gasteiger partial charge in [0.25, 0.3) is 0 Å². The Morgan fingerprint density at radius 3 is 2.77 bits per heavy atom. The summed E-state index contributed by atoms with van der Waals surface area (Å²) in [6.07, 6.45) is 4.12. The summed E-state index contributed by atoms with van der Waals surface area (Å²) in [5, 5.41) is 3.08. The molecule has 78 valence electrons. The molecule has 3 nitrogen and oxygen atoms in total. The Balaban J connectivity index is -0.000000403. The van der Waals surface area contributed by atoms with Crippen molar-refractivity contribution in [1.29, 1.82) is 0 Å². The van der Waals surface area contributed by atoms with E-state index >= 15 is 0 Å². The number of rotatable bonds is 3. The quantitative estimate of drug-likeness (QED) is 0.536. The summed E-state index contributed by atoms with van der Waals surface area (Å²) in [5.41, 5.74) is 4.93. The summed E-state index contributed by atoms with van der Waals surface area (Å²) >= 11 is 0. The first kappa shape index (κ1) is 15.3. The summed E-state index contributed by atoms with van der Waals surface area (Å²) in [6.45, 7) is 1.91. The van der Waals surface area contributed by atoms with Gasteiger partial charge in [-0.3, -0.25) is 0 Å². The number of pyridine rings is 1. The minimum absolute atomic E-state index is 0. The van der Waals surface area contributed by atoms with Crippen LogP contribution in [-0.4, -0.2) is 13.6 Å². The van der Waals surface area contributed by atoms with Gasteiger partial charge in [-0.1, -0.05) is 0 Å². The van der Waals surface area contributed by atoms with Crippen molar-refractivity contribution in [2.24, 2.45) is 0 Å². The normalized spacial score (nSPS) is 8.15. The van der Waals surface area contributed by atoms with Gasteiger partial charge >= 0.3 is 0 Å². The SMILES string of the molecule is CNc1ccc[n+](CC[NH3+])c1.[Br-].[Br-].[HH]. The van der Waals surface area contributed by atoms with E-state index in [1.165, 1.54) is 0 Å². The molecule has 0 spiro atoms. The number of aromatic nitrogens is 1. The van der Waals surface area contributed by atoms with Gasteiger partial charge in [-0.2, -0.15) is 4.57 Å². The van der Waals surface area contributed by atoms with Crippen LogP contribution in [0.4, 0.5) is 5.69 Å². The second-order valence-corrected chi connectivity index (χ2v) is 2.43. The molecule has 0 saturated carbocycles. The Bertz CT molecular complexity index is 236. The predicted octanol–water partition coefficient (Wildman–Crippen LogP) is -6.49. The first-order valence-corrected chi connectivity index (χ1v) is 3.83. The third kappa shape index (κ3) is 5.23. The smallest absolute Gasteiger partial charge is 0.196 e. The topological polar surface area (TPSA) is 43.5 Å². The molecule has 0 atom stereocenters. The molecule has 0 fully saturated rings. The van der Waals surface area contributed by atoms with Gasteiger partial charge in [-0.05, 0) is 6.07 Å². The van der Waals surface area contributed by atoms with E-state index in [9.17, 15) is 0 Å². The number of hydrogen-bond donors (Lipinski definition) is 2. The van der Waals surface area contributed by atoms with Gasteiger partial charge in [-0.15, -0.1) is 0 Å². The Morgan fingerprint density at radius 1 is 1.54 bits per heavy atom. The van der Waals surface area contributed by atoms with Crippen molar-refractivity contribution in [3.63, 3.8) is 0 Å². The monoisotopic (exact) mass is 313 g/mol. The maximum atomic E-state index is 3.80. The molecule has 0 radical (unpaired) electrons. The zero-order valence-corrected chi connectivity index (χ0v) is 10.8. The van der Waals surface area contributed by atoms with Gasteiger partial charge in [0.1, 0.15) is 6.54 Å². The van der Waals surface area contributed by atoms with Gasteiger partial charge in [0.15, 0.2) is 18.9 Å². The lowest BCUT2D eigenvalue weighted by atomic mass is 10.4. The Morgan fingerprint density at radius 2 is 2.23 bits per heavy atom. The van der Waals surface area contributed by atoms with Crippen molar-refractivity contribution >= 4 is 5.69 Å². The van der Waals surface area contributed by atoms with Crippen LogP contribution in [0.3, 0.4) is 0 Å². The van der Waals surface area contributed by atoms with Crippen LogP contribution in [0.5, 0.6) is 0 Å². The van der Waals surface area contributed by atoms with Gasteiger partial charge in [-0.25, -0.2) is 0 Å². The molecular formula is C8H17Br2N3. The van der Waals surface area contributed by atoms with E-state index in [2.05, 4.69) is 21.8 Å². The van der Waals surface area contributed by atoms with E-state index in [0.29, 0.717) is 0 Å². The largest absolute Gasteiger partial charge is 1.00 e. The van der Waals surface area contributed by atoms with Gasteiger partial charge in [0, 0.05) is 14.5 Å². The van der Waals surface area contributed by atoms with Crippen LogP contribution in [0.2, 0.25) is 0 Å². The van der Waals surface area contributed by atoms with E-state index in [0.717, 1.165) is 18.8 Å². The van der Waals surface area contributed by atoms with Crippen LogP contribution < -0.4 is 49.6 Å². The second-order valence-electron chi connectivity index (χ2n) is 2.43. The van der Waals surface area contributed by atoms with Crippen molar-refractivity contribution in [3.05, 3.63) is 24.5 Å². The number of nitrogens with one attached hydrogen (secondary N) is 1. The minimum atomic E-state index is 0. The minimum Gasteiger partial charge on any atom is -1.00 e. The molecule has 0 aliphatic rings. The predicted molar refractivity (Wildman–Crippen MR) is 46.1 cm³/mol. The second kappa shape index (κ2) is 8.47. The van der Waals surface area contributed by atoms with Crippen molar-refractivity contribution in [2.45, 2.75) is 6.54 Å². The molecule has 1 rings (SSSR count). The van der Waals surface area contributed by atoms with Crippen molar-refractivity contribution in [3.8, 4) is 0 Å². The molecule has 1 aromatic rings. The highest BCUT2D eigenvalue weighted by Gasteiger charge is 1.99. The number of halogens is 2. The van der Waals surface area contributed by atoms with Crippen LogP contribution in [-0.2, 0) is 6.54 Å². The fraction of sp³-hybridized carbons (Fsp3) is 0.375. The van der Waals surface area contributed by atoms with Crippen molar-refractivity contribution in [1.82, 2.24) is 0 Å². The molecule has 4 N–H and O–H groups in total. The standard InChI is InChI=1S/C8H14N3.2BrH.H2/c1-10-8-3-2-5-11(7-8)6-4-9;;;/h2-3,5,7,10H,4,6,9H2,1H3;3*1H/q+1;;;/p-1. The number of anilines is 1. The van der Waals surface area contributed by atoms with Crippen molar-refractivity contribution in [2.75, 3.05) is 18.9 Å². The molecular weight excluding hydrogens is 298 g/mol. The van der Waals surface area contributed by atoms with Gasteiger partial charge < -0.3 is 45.0 Å². The average molecular weight is 315 g/mol. The maximum Gasteiger partial charge on any atom is 0.196 e. The van der Waals surface area contributed by atoms with Crippen LogP contribution in [0.1, 0.15) is 1.43 Å². The first-order chi connectivity index (χ1) is 5.36. The lowest BCUT2D eigenvalue weighted by molar-refractivity contribution is -0.711. The summed E-state index contributed by atoms with van der Waals surface area (Å²) in [7, 11) is 1.92. The summed E-state index contributed by atoms with van der Waals surface area (Å²) < 4.78 is 2.12. The average Bonchev–Trinajstić information content (AvgIpc) is 2.06. The van der Waals surface area contributed by atoms with E-state index in [-0.39, 0.29) is 35.4 Å². The third-order valence-corrected chi connectivity index (χ3v) is 1.56. The van der Waals surface area contributed by atoms with E-state index < -0.39 is 0 Å². The molecule has 0 aliphatic carbocycles. The zero-order valence-electron chi connectivity index (χ0n) is 7.63. The van der Waals surface area contributed by atoms with Crippen LogP contribution in [0.25, 0.3) is 0 Å². The van der Waals surface area contributed by atoms with Gasteiger partial charge in [0.05, 0.1) is 5.69 Å². The van der Waals surface area contributed by atoms with Crippen LogP contribution >= 0.6 is 0 Å². The molecule has 0 aromatic carbocycles. The highest BCUT2D eigenvalue weighted by molar-refractivity contribution is 5.36. The Labute approximate surface area is 101 Å². The number of hydrogen-bond acceptors (Lipinski definition) is 1. The highest BCUT2D eigenvalue weighted by Crippen LogP contribution is 1.98. The maximum absolute atomic E-state index is 3.80. The molecule has 0 saturated heterocycles. The Kier molecular flexibility index (Phi) is 10.00. The molecule has 5 heteroatoms. The summed E-state index contributed by atoms with van der Waals surface area (Å²) in [6, 6.07) is 4.07. The van der Waals surface area contributed by atoms with Crippen LogP contribution in [0.15, 0.2) is 24.5 Å². The molecule has 1 aromatic heterocycles. The molecule has 0 bridgehead atoms. The third-order valence-electron chi connectivity index (χ3n) is 1.56. The summed E-state index contributed by atoms with van der Waals surface area (Å²) in [5.74, 6) is 0. The first-order valence-electron chi connectivity index (χ1n) is 3.83. The number of nitrogens with zero attached hydrogens (tertiary/aromatic N) is 1. The molecule has 1 heterocycles. The lowest BCUT2D eigenvalue weighted by Gasteiger charge is -1.96. The molecule has 0 unspecified atom stereocenters. The van der Waals surface area contributed by atoms with Crippen molar-refractivity contribution < 1.29 is 45.7 Å². The Hall–Kier alpha value is -0.130. The van der Waals surface area contributed by atoms with Crippen LogP contribution in [0, 0.1) is 0 Å². The fourth-order valence-electron chi connectivity index (χ4n) is 0.992. The lowest BCUT2D eigenvalue weighted by Crippen LogP contribution is -3.00. The van der Waals surface area contributed by atoms with Gasteiger partial charge in [0.2, 0.25) is 0 Å². The number of quaternary nitrogens is 1. The van der Waals surface area contributed by atoms with E-state index in [1.54, 1.807) is 0 Å². The fourth-order valence-corrected chi connectivity index (χ4v) is 0.992. The summed E-state index contributed by atoms with van der Waals surface area (Å²) in [4.78, 5) is 0. The zero-order chi connectivity index (χ0) is 8.10. The molecule has 0 amide bonds.